The van der Waals surface area contributed by atoms with Crippen LogP contribution < -0.4 is 16.2 Å². The Morgan fingerprint density at radius 1 is 0.788 bits per heavy atom. The van der Waals surface area contributed by atoms with E-state index in [1.54, 1.807) is 57.3 Å². The van der Waals surface area contributed by atoms with E-state index in [1.165, 1.54) is 0 Å². The second kappa shape index (κ2) is 15.2. The molecule has 4 aromatic carbocycles. The highest BCUT2D eigenvalue weighted by atomic mass is 16.6. The third kappa shape index (κ3) is 8.13. The van der Waals surface area contributed by atoms with Gasteiger partial charge in [0.05, 0.1) is 6.42 Å². The summed E-state index contributed by atoms with van der Waals surface area (Å²) in [6.07, 6.45) is -0.810. The first-order valence-corrected chi connectivity index (χ1v) is 16.8. The number of carbonyl (C=O) groups excluding carboxylic acids is 5. The van der Waals surface area contributed by atoms with E-state index in [-0.39, 0.29) is 25.4 Å². The maximum atomic E-state index is 14.2. The molecule has 0 bridgehead atoms. The highest BCUT2D eigenvalue weighted by molar-refractivity contribution is 6.11. The van der Waals surface area contributed by atoms with Gasteiger partial charge in [0.15, 0.2) is 0 Å². The van der Waals surface area contributed by atoms with Gasteiger partial charge < -0.3 is 19.8 Å². The number of rotatable bonds is 8. The molecule has 0 fully saturated rings. The van der Waals surface area contributed by atoms with Crippen LogP contribution in [0.15, 0.2) is 109 Å². The van der Waals surface area contributed by atoms with Gasteiger partial charge in [0, 0.05) is 29.4 Å². The number of ether oxygens (including phenoxy) is 2. The maximum absolute atomic E-state index is 14.2. The number of para-hydroxylation sites is 1. The third-order valence-electron chi connectivity index (χ3n) is 8.57. The number of aromatic nitrogens is 1. The first-order valence-electron chi connectivity index (χ1n) is 16.8. The monoisotopic (exact) mass is 701 g/mol. The maximum Gasteiger partial charge on any atom is 0.426 e. The topological polar surface area (TPSA) is 159 Å². The van der Waals surface area contributed by atoms with Crippen molar-refractivity contribution in [2.45, 2.75) is 51.2 Å². The molecule has 1 heterocycles. The van der Waals surface area contributed by atoms with Gasteiger partial charge in [-0.05, 0) is 60.2 Å². The molecule has 0 aliphatic heterocycles. The minimum absolute atomic E-state index is 0.0131. The zero-order valence-electron chi connectivity index (χ0n) is 29.0. The van der Waals surface area contributed by atoms with E-state index < -0.39 is 41.7 Å². The van der Waals surface area contributed by atoms with E-state index in [2.05, 4.69) is 21.2 Å². The standard InChI is InChI=1S/C40H39N5O7/c1-40(2,3)52-39(50)45(35(46)21-25-13-5-4-6-14-25)36(47)34(22-26-23-41-33-20-12-11-15-27(26)33)42-37(48)43-44-38(49)51-24-32-30-18-9-7-16-28(30)29-17-8-10-19-31(29)32/h4-20,23,32,34,41H,21-22,24H2,1-3H3,(H,44,49)(H2,42,43,48)/t34-/m1/s1. The van der Waals surface area contributed by atoms with Crippen molar-refractivity contribution in [3.63, 3.8) is 0 Å². The lowest BCUT2D eigenvalue weighted by atomic mass is 9.98. The molecule has 1 aliphatic carbocycles. The number of H-pyrrole nitrogens is 1. The first-order chi connectivity index (χ1) is 25.0. The van der Waals surface area contributed by atoms with Crippen molar-refractivity contribution in [2.75, 3.05) is 6.61 Å². The zero-order chi connectivity index (χ0) is 36.8. The molecule has 6 rings (SSSR count). The van der Waals surface area contributed by atoms with E-state index >= 15 is 0 Å². The molecule has 6 amide bonds. The molecule has 0 radical (unpaired) electrons. The van der Waals surface area contributed by atoms with Crippen LogP contribution in [-0.2, 0) is 31.9 Å². The quantitative estimate of drug-likeness (QED) is 0.137. The van der Waals surface area contributed by atoms with Crippen molar-refractivity contribution in [3.8, 4) is 11.1 Å². The third-order valence-corrected chi connectivity index (χ3v) is 8.57. The molecular formula is C40H39N5O7. The van der Waals surface area contributed by atoms with Gasteiger partial charge in [0.25, 0.3) is 5.91 Å². The Kier molecular flexibility index (Phi) is 10.4. The van der Waals surface area contributed by atoms with Gasteiger partial charge in [-0.2, -0.15) is 4.90 Å². The summed E-state index contributed by atoms with van der Waals surface area (Å²) in [6, 6.07) is 29.4. The molecule has 5 aromatic rings. The number of carbonyl (C=O) groups is 5. The molecule has 266 valence electrons. The second-order valence-electron chi connectivity index (χ2n) is 13.4. The van der Waals surface area contributed by atoms with E-state index in [9.17, 15) is 24.0 Å². The Balaban J connectivity index is 1.17. The molecule has 0 saturated carbocycles. The average molecular weight is 702 g/mol. The van der Waals surface area contributed by atoms with Crippen LogP contribution in [0.3, 0.4) is 0 Å². The zero-order valence-corrected chi connectivity index (χ0v) is 29.0. The Morgan fingerprint density at radius 2 is 1.40 bits per heavy atom. The van der Waals surface area contributed by atoms with Crippen molar-refractivity contribution in [1.29, 1.82) is 0 Å². The molecule has 0 unspecified atom stereocenters. The second-order valence-corrected chi connectivity index (χ2v) is 13.4. The number of aromatic amines is 1. The molecule has 1 atom stereocenters. The summed E-state index contributed by atoms with van der Waals surface area (Å²) in [7, 11) is 0. The van der Waals surface area contributed by atoms with Crippen molar-refractivity contribution < 1.29 is 33.4 Å². The van der Waals surface area contributed by atoms with Crippen LogP contribution >= 0.6 is 0 Å². The summed E-state index contributed by atoms with van der Waals surface area (Å²) in [6.45, 7) is 4.84. The molecule has 12 heteroatoms. The van der Waals surface area contributed by atoms with Gasteiger partial charge in [0.1, 0.15) is 18.2 Å². The SMILES string of the molecule is CC(C)(C)OC(=O)N(C(=O)Cc1ccccc1)C(=O)[C@@H](Cc1c[nH]c2ccccc12)NC(=O)NNC(=O)OCC1c2ccccc2-c2ccccc21. The molecule has 52 heavy (non-hydrogen) atoms. The molecule has 0 spiro atoms. The van der Waals surface area contributed by atoms with Crippen LogP contribution in [0, 0.1) is 0 Å². The normalized spacial score (nSPS) is 12.6. The summed E-state index contributed by atoms with van der Waals surface area (Å²) in [5, 5.41) is 3.31. The van der Waals surface area contributed by atoms with Gasteiger partial charge in [-0.15, -0.1) is 0 Å². The molecule has 0 saturated heterocycles. The van der Waals surface area contributed by atoms with Crippen LogP contribution in [-0.4, -0.2) is 58.2 Å². The number of nitrogens with one attached hydrogen (secondary N) is 4. The lowest BCUT2D eigenvalue weighted by Gasteiger charge is -2.28. The highest BCUT2D eigenvalue weighted by Crippen LogP contribution is 2.44. The van der Waals surface area contributed by atoms with E-state index in [0.717, 1.165) is 33.2 Å². The number of amides is 6. The number of imide groups is 3. The summed E-state index contributed by atoms with van der Waals surface area (Å²) in [5.74, 6) is -2.05. The predicted octanol–water partition coefficient (Wildman–Crippen LogP) is 6.36. The van der Waals surface area contributed by atoms with Crippen LogP contribution in [0.4, 0.5) is 14.4 Å². The lowest BCUT2D eigenvalue weighted by molar-refractivity contribution is -0.144. The fourth-order valence-corrected chi connectivity index (χ4v) is 6.28. The molecule has 12 nitrogen and oxygen atoms in total. The number of nitrogens with zero attached hydrogens (tertiary/aromatic N) is 1. The number of hydrogen-bond donors (Lipinski definition) is 4. The lowest BCUT2D eigenvalue weighted by Crippen LogP contribution is -2.58. The van der Waals surface area contributed by atoms with Crippen LogP contribution in [0.25, 0.3) is 22.0 Å². The predicted molar refractivity (Wildman–Crippen MR) is 194 cm³/mol. The molecule has 4 N–H and O–H groups in total. The Labute approximate surface area is 300 Å². The minimum atomic E-state index is -1.45. The van der Waals surface area contributed by atoms with Crippen molar-refractivity contribution >= 4 is 40.9 Å². The first kappa shape index (κ1) is 35.4. The summed E-state index contributed by atoms with van der Waals surface area (Å²) < 4.78 is 11.0. The van der Waals surface area contributed by atoms with Gasteiger partial charge in [-0.25, -0.2) is 25.2 Å². The number of hydrazine groups is 1. The van der Waals surface area contributed by atoms with E-state index in [4.69, 9.17) is 9.47 Å². The molecule has 1 aromatic heterocycles. The fraction of sp³-hybridized carbons (Fsp3) is 0.225. The fourth-order valence-electron chi connectivity index (χ4n) is 6.28. The summed E-state index contributed by atoms with van der Waals surface area (Å²) >= 11 is 0. The van der Waals surface area contributed by atoms with Crippen molar-refractivity contribution in [2.24, 2.45) is 0 Å². The minimum Gasteiger partial charge on any atom is -0.447 e. The summed E-state index contributed by atoms with van der Waals surface area (Å²) in [4.78, 5) is 70.9. The van der Waals surface area contributed by atoms with E-state index in [0.29, 0.717) is 16.0 Å². The largest absolute Gasteiger partial charge is 0.447 e. The number of hydrogen-bond acceptors (Lipinski definition) is 7. The number of urea groups is 1. The van der Waals surface area contributed by atoms with Crippen molar-refractivity contribution in [3.05, 3.63) is 132 Å². The van der Waals surface area contributed by atoms with Gasteiger partial charge in [-0.1, -0.05) is 97.1 Å². The molecule has 1 aliphatic rings. The van der Waals surface area contributed by atoms with Crippen LogP contribution in [0.5, 0.6) is 0 Å². The molecular weight excluding hydrogens is 662 g/mol. The number of benzene rings is 4. The highest BCUT2D eigenvalue weighted by Gasteiger charge is 2.38. The van der Waals surface area contributed by atoms with E-state index in [1.807, 2.05) is 72.8 Å². The smallest absolute Gasteiger partial charge is 0.426 e. The van der Waals surface area contributed by atoms with Crippen LogP contribution in [0.1, 0.15) is 48.9 Å². The van der Waals surface area contributed by atoms with Gasteiger partial charge in [0.2, 0.25) is 5.91 Å². The Bertz CT molecular complexity index is 2080. The Morgan fingerprint density at radius 3 is 2.08 bits per heavy atom. The van der Waals surface area contributed by atoms with Gasteiger partial charge >= 0.3 is 18.2 Å². The number of fused-ring (bicyclic) bond motifs is 4. The summed E-state index contributed by atoms with van der Waals surface area (Å²) in [5.41, 5.74) is 9.58. The van der Waals surface area contributed by atoms with Gasteiger partial charge in [-0.3, -0.25) is 9.59 Å². The Hall–Kier alpha value is -6.43. The average Bonchev–Trinajstić information content (AvgIpc) is 3.68. The van der Waals surface area contributed by atoms with Crippen LogP contribution in [0.2, 0.25) is 0 Å². The van der Waals surface area contributed by atoms with Crippen molar-refractivity contribution in [1.82, 2.24) is 26.1 Å².